The highest BCUT2D eigenvalue weighted by Gasteiger charge is 2.43. The molecule has 22 heavy (non-hydrogen) atoms. The van der Waals surface area contributed by atoms with Crippen LogP contribution >= 0.6 is 0 Å². The Balaban J connectivity index is 1.76. The van der Waals surface area contributed by atoms with Gasteiger partial charge in [0, 0.05) is 36.4 Å². The summed E-state index contributed by atoms with van der Waals surface area (Å²) in [6, 6.07) is 4.25. The first-order valence-electron chi connectivity index (χ1n) is 7.11. The summed E-state index contributed by atoms with van der Waals surface area (Å²) < 4.78 is 1.92. The molecular weight excluding hydrogens is 278 g/mol. The lowest BCUT2D eigenvalue weighted by molar-refractivity contribution is 0.0265. The van der Waals surface area contributed by atoms with E-state index in [0.29, 0.717) is 6.42 Å². The van der Waals surface area contributed by atoms with Gasteiger partial charge in [0.15, 0.2) is 0 Å². The third-order valence-corrected chi connectivity index (χ3v) is 4.23. The molecule has 0 aromatic carbocycles. The van der Waals surface area contributed by atoms with Gasteiger partial charge < -0.3 is 9.88 Å². The van der Waals surface area contributed by atoms with Gasteiger partial charge in [0.25, 0.3) is 0 Å². The fraction of sp³-hybridized carbons (Fsp3) is 0.333. The van der Waals surface area contributed by atoms with Gasteiger partial charge in [-0.05, 0) is 13.1 Å². The van der Waals surface area contributed by atoms with Crippen LogP contribution in [0, 0.1) is 11.3 Å². The van der Waals surface area contributed by atoms with E-state index in [1.54, 1.807) is 6.33 Å². The SMILES string of the molecule is CN1CC(CC#N)(n2cc(-c3ncnc4[nH]ccc34)cn2)C1. The standard InChI is InChI=1S/C15H15N7/c1-21-8-15(9-21,3-4-16)22-7-11(6-20-22)13-12-2-5-17-14(12)19-10-18-13/h2,5-7,10H,3,8-9H2,1H3,(H,17,18,19). The van der Waals surface area contributed by atoms with Gasteiger partial charge >= 0.3 is 0 Å². The fourth-order valence-electron chi connectivity index (χ4n) is 3.25. The van der Waals surface area contributed by atoms with Gasteiger partial charge in [-0.15, -0.1) is 0 Å². The van der Waals surface area contributed by atoms with E-state index < -0.39 is 0 Å². The van der Waals surface area contributed by atoms with Crippen LogP contribution in [0.2, 0.25) is 0 Å². The smallest absolute Gasteiger partial charge is 0.141 e. The number of nitriles is 1. The second-order valence-electron chi connectivity index (χ2n) is 5.87. The number of fused-ring (bicyclic) bond motifs is 1. The second-order valence-corrected chi connectivity index (χ2v) is 5.87. The molecular formula is C15H15N7. The van der Waals surface area contributed by atoms with Crippen LogP contribution in [-0.4, -0.2) is 49.8 Å². The van der Waals surface area contributed by atoms with E-state index in [9.17, 15) is 0 Å². The zero-order valence-corrected chi connectivity index (χ0v) is 12.2. The molecule has 0 unspecified atom stereocenters. The molecule has 1 aliphatic heterocycles. The summed E-state index contributed by atoms with van der Waals surface area (Å²) in [5, 5.41) is 14.6. The first kappa shape index (κ1) is 13.0. The van der Waals surface area contributed by atoms with Gasteiger partial charge in [0.2, 0.25) is 0 Å². The van der Waals surface area contributed by atoms with Crippen molar-refractivity contribution in [3.8, 4) is 17.3 Å². The van der Waals surface area contributed by atoms with Crippen molar-refractivity contribution in [3.63, 3.8) is 0 Å². The fourth-order valence-corrected chi connectivity index (χ4v) is 3.25. The molecule has 0 saturated carbocycles. The normalized spacial score (nSPS) is 17.3. The lowest BCUT2D eigenvalue weighted by atomic mass is 9.87. The van der Waals surface area contributed by atoms with E-state index in [-0.39, 0.29) is 5.54 Å². The van der Waals surface area contributed by atoms with Crippen LogP contribution in [-0.2, 0) is 5.54 Å². The Morgan fingerprint density at radius 3 is 3.05 bits per heavy atom. The Kier molecular flexibility index (Phi) is 2.74. The van der Waals surface area contributed by atoms with Crippen molar-refractivity contribution in [1.82, 2.24) is 29.6 Å². The van der Waals surface area contributed by atoms with E-state index in [2.05, 4.69) is 31.0 Å². The van der Waals surface area contributed by atoms with Crippen molar-refractivity contribution in [2.75, 3.05) is 20.1 Å². The predicted octanol–water partition coefficient (Wildman–Crippen LogP) is 1.38. The maximum Gasteiger partial charge on any atom is 0.141 e. The third-order valence-electron chi connectivity index (χ3n) is 4.23. The third kappa shape index (κ3) is 1.81. The van der Waals surface area contributed by atoms with Crippen molar-refractivity contribution < 1.29 is 0 Å². The summed E-state index contributed by atoms with van der Waals surface area (Å²) in [6.07, 6.45) is 7.66. The maximum atomic E-state index is 9.12. The number of hydrogen-bond acceptors (Lipinski definition) is 5. The van der Waals surface area contributed by atoms with Crippen molar-refractivity contribution in [2.24, 2.45) is 0 Å². The number of aromatic amines is 1. The Bertz CT molecular complexity index is 863. The number of hydrogen-bond donors (Lipinski definition) is 1. The highest BCUT2D eigenvalue weighted by atomic mass is 15.4. The number of rotatable bonds is 3. The van der Waals surface area contributed by atoms with E-state index in [1.165, 1.54) is 0 Å². The van der Waals surface area contributed by atoms with Gasteiger partial charge in [-0.2, -0.15) is 10.4 Å². The van der Waals surface area contributed by atoms with Gasteiger partial charge in [0.05, 0.1) is 24.4 Å². The van der Waals surface area contributed by atoms with Crippen LogP contribution in [0.1, 0.15) is 6.42 Å². The molecule has 0 spiro atoms. The van der Waals surface area contributed by atoms with Gasteiger partial charge in [-0.25, -0.2) is 9.97 Å². The average molecular weight is 293 g/mol. The van der Waals surface area contributed by atoms with Crippen molar-refractivity contribution in [2.45, 2.75) is 12.0 Å². The van der Waals surface area contributed by atoms with Crippen molar-refractivity contribution in [3.05, 3.63) is 31.0 Å². The molecule has 110 valence electrons. The summed E-state index contributed by atoms with van der Waals surface area (Å²) in [5.41, 5.74) is 2.40. The molecule has 1 saturated heterocycles. The number of nitrogens with zero attached hydrogens (tertiary/aromatic N) is 6. The number of aromatic nitrogens is 5. The minimum absolute atomic E-state index is 0.216. The highest BCUT2D eigenvalue weighted by molar-refractivity contribution is 5.89. The van der Waals surface area contributed by atoms with E-state index >= 15 is 0 Å². The summed E-state index contributed by atoms with van der Waals surface area (Å²) in [4.78, 5) is 13.9. The molecule has 0 atom stereocenters. The molecule has 1 aliphatic rings. The number of likely N-dealkylation sites (tertiary alicyclic amines) is 1. The lowest BCUT2D eigenvalue weighted by Crippen LogP contribution is -2.61. The van der Waals surface area contributed by atoms with Crippen LogP contribution in [0.25, 0.3) is 22.3 Å². The molecule has 1 N–H and O–H groups in total. The molecule has 4 rings (SSSR count). The number of H-pyrrole nitrogens is 1. The predicted molar refractivity (Wildman–Crippen MR) is 80.8 cm³/mol. The van der Waals surface area contributed by atoms with Crippen LogP contribution in [0.15, 0.2) is 31.0 Å². The summed E-state index contributed by atoms with van der Waals surface area (Å²) >= 11 is 0. The molecule has 4 heterocycles. The first-order chi connectivity index (χ1) is 10.7. The van der Waals surface area contributed by atoms with Crippen LogP contribution in [0.3, 0.4) is 0 Å². The molecule has 0 radical (unpaired) electrons. The quantitative estimate of drug-likeness (QED) is 0.788. The summed E-state index contributed by atoms with van der Waals surface area (Å²) in [6.45, 7) is 1.68. The lowest BCUT2D eigenvalue weighted by Gasteiger charge is -2.47. The molecule has 7 heteroatoms. The molecule has 7 nitrogen and oxygen atoms in total. The molecule has 3 aromatic heterocycles. The Morgan fingerprint density at radius 1 is 1.41 bits per heavy atom. The van der Waals surface area contributed by atoms with Crippen LogP contribution in [0.5, 0.6) is 0 Å². The summed E-state index contributed by atoms with van der Waals surface area (Å²) in [5.74, 6) is 0. The highest BCUT2D eigenvalue weighted by Crippen LogP contribution is 2.33. The molecule has 3 aromatic rings. The minimum Gasteiger partial charge on any atom is -0.346 e. The van der Waals surface area contributed by atoms with E-state index in [4.69, 9.17) is 5.26 Å². The van der Waals surface area contributed by atoms with Crippen LogP contribution < -0.4 is 0 Å². The average Bonchev–Trinajstić information content (AvgIpc) is 3.14. The number of nitrogens with one attached hydrogen (secondary N) is 1. The van der Waals surface area contributed by atoms with Gasteiger partial charge in [0.1, 0.15) is 17.5 Å². The van der Waals surface area contributed by atoms with Crippen molar-refractivity contribution in [1.29, 1.82) is 5.26 Å². The topological polar surface area (TPSA) is 86.4 Å². The van der Waals surface area contributed by atoms with Crippen LogP contribution in [0.4, 0.5) is 0 Å². The monoisotopic (exact) mass is 293 g/mol. The van der Waals surface area contributed by atoms with E-state index in [1.807, 2.05) is 36.4 Å². The minimum atomic E-state index is -0.216. The molecule has 0 amide bonds. The number of likely N-dealkylation sites (N-methyl/N-ethyl adjacent to an activating group) is 1. The summed E-state index contributed by atoms with van der Waals surface area (Å²) in [7, 11) is 2.05. The Hall–Kier alpha value is -2.72. The second kappa shape index (κ2) is 4.64. The Morgan fingerprint density at radius 2 is 2.27 bits per heavy atom. The molecule has 1 fully saturated rings. The molecule has 0 aliphatic carbocycles. The Labute approximate surface area is 127 Å². The zero-order valence-electron chi connectivity index (χ0n) is 12.2. The maximum absolute atomic E-state index is 9.12. The zero-order chi connectivity index (χ0) is 15.2. The largest absolute Gasteiger partial charge is 0.346 e. The van der Waals surface area contributed by atoms with E-state index in [0.717, 1.165) is 35.4 Å². The first-order valence-corrected chi connectivity index (χ1v) is 7.11. The van der Waals surface area contributed by atoms with Crippen molar-refractivity contribution >= 4 is 11.0 Å². The molecule has 0 bridgehead atoms. The van der Waals surface area contributed by atoms with Gasteiger partial charge in [-0.1, -0.05) is 0 Å². The van der Waals surface area contributed by atoms with Gasteiger partial charge in [-0.3, -0.25) is 4.68 Å².